The minimum absolute atomic E-state index is 0.574. The van der Waals surface area contributed by atoms with Gasteiger partial charge in [0, 0.05) is 55.9 Å². The highest BCUT2D eigenvalue weighted by atomic mass is 15.0. The highest BCUT2D eigenvalue weighted by Gasteiger charge is 2.21. The molecule has 0 N–H and O–H groups in total. The Bertz CT molecular complexity index is 2730. The van der Waals surface area contributed by atoms with E-state index in [1.54, 1.807) is 0 Å². The molecule has 3 aromatic heterocycles. The van der Waals surface area contributed by atoms with Crippen LogP contribution in [0, 0.1) is 13.8 Å². The van der Waals surface area contributed by atoms with Gasteiger partial charge in [0.05, 0.1) is 22.8 Å². The molecule has 0 saturated heterocycles. The molecule has 6 aromatic carbocycles. The molecule has 0 amide bonds. The predicted octanol–water partition coefficient (Wildman–Crippen LogP) is 12.0. The van der Waals surface area contributed by atoms with Crippen LogP contribution in [-0.4, -0.2) is 29.9 Å². The molecule has 0 aliphatic heterocycles. The Morgan fingerprint density at radius 2 is 0.643 bits per heavy atom. The first-order valence-electron chi connectivity index (χ1n) is 18.6. The van der Waals surface area contributed by atoms with Crippen LogP contribution in [0.25, 0.3) is 90.3 Å². The molecule has 9 aromatic rings. The van der Waals surface area contributed by atoms with Gasteiger partial charge in [-0.25, -0.2) is 24.9 Å². The summed E-state index contributed by atoms with van der Waals surface area (Å²) in [4.78, 5) is 30.7. The maximum atomic E-state index is 5.51. The van der Waals surface area contributed by atoms with E-state index in [1.165, 1.54) is 0 Å². The fourth-order valence-electron chi connectivity index (χ4n) is 6.98. The lowest BCUT2D eigenvalue weighted by Gasteiger charge is -2.17. The van der Waals surface area contributed by atoms with Gasteiger partial charge in [0.15, 0.2) is 17.5 Å². The molecule has 6 nitrogen and oxygen atoms in total. The monoisotopic (exact) mass is 720 g/mol. The van der Waals surface area contributed by atoms with Gasteiger partial charge in [0.25, 0.3) is 0 Å². The average molecular weight is 721 g/mol. The number of pyridine rings is 1. The fourth-order valence-corrected chi connectivity index (χ4v) is 6.98. The van der Waals surface area contributed by atoms with Crippen molar-refractivity contribution in [1.29, 1.82) is 0 Å². The largest absolute Gasteiger partial charge is 0.258 e. The van der Waals surface area contributed by atoms with Crippen LogP contribution in [0.5, 0.6) is 0 Å². The van der Waals surface area contributed by atoms with E-state index in [1.807, 2.05) is 116 Å². The summed E-state index contributed by atoms with van der Waals surface area (Å²) >= 11 is 0. The summed E-state index contributed by atoms with van der Waals surface area (Å²) in [6, 6.07) is 61.6. The average Bonchev–Trinajstić information content (AvgIpc) is 3.27. The fraction of sp³-hybridized carbons (Fsp3) is 0.0400. The van der Waals surface area contributed by atoms with Crippen molar-refractivity contribution in [2.24, 2.45) is 0 Å². The topological polar surface area (TPSA) is 77.3 Å². The molecule has 266 valence electrons. The summed E-state index contributed by atoms with van der Waals surface area (Å²) < 4.78 is 0. The van der Waals surface area contributed by atoms with Gasteiger partial charge in [-0.15, -0.1) is 0 Å². The van der Waals surface area contributed by atoms with E-state index in [2.05, 4.69) is 79.7 Å². The summed E-state index contributed by atoms with van der Waals surface area (Å²) in [6.45, 7) is 4.07. The van der Waals surface area contributed by atoms with Crippen molar-refractivity contribution in [2.45, 2.75) is 13.8 Å². The van der Waals surface area contributed by atoms with Gasteiger partial charge in [-0.2, -0.15) is 0 Å². The lowest BCUT2D eigenvalue weighted by atomic mass is 9.97. The van der Waals surface area contributed by atoms with Crippen LogP contribution in [0.1, 0.15) is 11.4 Å². The van der Waals surface area contributed by atoms with E-state index in [0.29, 0.717) is 17.5 Å². The first-order valence-corrected chi connectivity index (χ1v) is 18.6. The van der Waals surface area contributed by atoms with Gasteiger partial charge in [0.2, 0.25) is 0 Å². The van der Waals surface area contributed by atoms with Gasteiger partial charge in [-0.1, -0.05) is 170 Å². The van der Waals surface area contributed by atoms with E-state index >= 15 is 0 Å². The molecule has 0 saturated carbocycles. The third kappa shape index (κ3) is 6.99. The lowest BCUT2D eigenvalue weighted by molar-refractivity contribution is 1.07. The minimum Gasteiger partial charge on any atom is -0.258 e. The van der Waals surface area contributed by atoms with Crippen LogP contribution in [0.15, 0.2) is 182 Å². The number of hydrogen-bond acceptors (Lipinski definition) is 6. The first kappa shape index (κ1) is 34.3. The molecule has 9 rings (SSSR count). The first-order chi connectivity index (χ1) is 27.6. The number of benzene rings is 6. The summed E-state index contributed by atoms with van der Waals surface area (Å²) in [5, 5.41) is 0. The molecule has 0 unspecified atom stereocenters. The van der Waals surface area contributed by atoms with Crippen LogP contribution < -0.4 is 0 Å². The van der Waals surface area contributed by atoms with Crippen LogP contribution in [0.4, 0.5) is 0 Å². The summed E-state index contributed by atoms with van der Waals surface area (Å²) in [5.74, 6) is 1.79. The Kier molecular flexibility index (Phi) is 9.27. The van der Waals surface area contributed by atoms with Crippen molar-refractivity contribution in [3.05, 3.63) is 193 Å². The maximum Gasteiger partial charge on any atom is 0.164 e. The van der Waals surface area contributed by atoms with E-state index in [0.717, 1.165) is 84.2 Å². The van der Waals surface area contributed by atoms with E-state index < -0.39 is 0 Å². The highest BCUT2D eigenvalue weighted by molar-refractivity contribution is 5.88. The third-order valence-corrected chi connectivity index (χ3v) is 9.78. The molecule has 0 aliphatic rings. The van der Waals surface area contributed by atoms with Crippen LogP contribution in [-0.2, 0) is 0 Å². The number of aryl methyl sites for hydroxylation is 2. The molecule has 3 heterocycles. The number of rotatable bonds is 8. The molecule has 56 heavy (non-hydrogen) atoms. The summed E-state index contributed by atoms with van der Waals surface area (Å²) in [5.41, 5.74) is 13.9. The van der Waals surface area contributed by atoms with Crippen molar-refractivity contribution < 1.29 is 0 Å². The molecule has 0 radical (unpaired) electrons. The predicted molar refractivity (Wildman–Crippen MR) is 226 cm³/mol. The standard InChI is InChI=1S/C50H36N6/c1-33-26-31-43(34(2)51-33)35-27-29-38(30-28-35)46-47(53-45(37-18-9-4-10-19-37)44(52-46)36-16-7-3-8-17-36)41-24-15-25-42(32-41)50-55-48(39-20-11-5-12-21-39)54-49(56-50)40-22-13-6-14-23-40/h3-32H,1-2H3. The molecule has 0 atom stereocenters. The molecule has 0 spiro atoms. The second-order valence-electron chi connectivity index (χ2n) is 13.6. The Balaban J connectivity index is 1.24. The lowest BCUT2D eigenvalue weighted by Crippen LogP contribution is -2.02. The van der Waals surface area contributed by atoms with Gasteiger partial charge in [-0.05, 0) is 31.5 Å². The van der Waals surface area contributed by atoms with Crippen molar-refractivity contribution >= 4 is 0 Å². The van der Waals surface area contributed by atoms with Gasteiger partial charge in [-0.3, -0.25) is 4.98 Å². The van der Waals surface area contributed by atoms with Gasteiger partial charge in [0.1, 0.15) is 0 Å². The van der Waals surface area contributed by atoms with E-state index in [4.69, 9.17) is 29.9 Å². The van der Waals surface area contributed by atoms with Crippen molar-refractivity contribution in [3.8, 4) is 90.3 Å². The zero-order valence-corrected chi connectivity index (χ0v) is 31.0. The third-order valence-electron chi connectivity index (χ3n) is 9.78. The highest BCUT2D eigenvalue weighted by Crippen LogP contribution is 2.39. The molecule has 6 heteroatoms. The van der Waals surface area contributed by atoms with Crippen molar-refractivity contribution in [1.82, 2.24) is 29.9 Å². The second-order valence-corrected chi connectivity index (χ2v) is 13.6. The second kappa shape index (κ2) is 15.1. The van der Waals surface area contributed by atoms with Gasteiger partial charge < -0.3 is 0 Å². The maximum absolute atomic E-state index is 5.51. The van der Waals surface area contributed by atoms with Crippen molar-refractivity contribution in [3.63, 3.8) is 0 Å². The quantitative estimate of drug-likeness (QED) is 0.155. The molecule has 0 bridgehead atoms. The van der Waals surface area contributed by atoms with Crippen LogP contribution in [0.2, 0.25) is 0 Å². The molecular weight excluding hydrogens is 685 g/mol. The number of nitrogens with zero attached hydrogens (tertiary/aromatic N) is 6. The number of aromatic nitrogens is 6. The van der Waals surface area contributed by atoms with E-state index in [-0.39, 0.29) is 0 Å². The molecular formula is C50H36N6. The Labute approximate surface area is 326 Å². The minimum atomic E-state index is 0.574. The van der Waals surface area contributed by atoms with Crippen LogP contribution in [0.3, 0.4) is 0 Å². The zero-order chi connectivity index (χ0) is 37.8. The smallest absolute Gasteiger partial charge is 0.164 e. The normalized spacial score (nSPS) is 11.0. The van der Waals surface area contributed by atoms with Crippen LogP contribution >= 0.6 is 0 Å². The Morgan fingerprint density at radius 3 is 1.12 bits per heavy atom. The molecule has 0 aliphatic carbocycles. The number of hydrogen-bond donors (Lipinski definition) is 0. The van der Waals surface area contributed by atoms with Gasteiger partial charge >= 0.3 is 0 Å². The zero-order valence-electron chi connectivity index (χ0n) is 31.0. The summed E-state index contributed by atoms with van der Waals surface area (Å²) in [6.07, 6.45) is 0. The Morgan fingerprint density at radius 1 is 0.268 bits per heavy atom. The summed E-state index contributed by atoms with van der Waals surface area (Å²) in [7, 11) is 0. The Hall–Kier alpha value is -7.44. The van der Waals surface area contributed by atoms with E-state index in [9.17, 15) is 0 Å². The SMILES string of the molecule is Cc1ccc(-c2ccc(-c3nc(-c4ccccc4)c(-c4ccccc4)nc3-c3cccc(-c4nc(-c5ccccc5)nc(-c5ccccc5)n4)c3)cc2)c(C)n1. The van der Waals surface area contributed by atoms with Crippen molar-refractivity contribution in [2.75, 3.05) is 0 Å². The molecule has 0 fully saturated rings.